The molecule has 1 fully saturated rings. The number of aromatic hydroxyl groups is 1. The third-order valence-electron chi connectivity index (χ3n) is 3.00. The zero-order valence-corrected chi connectivity index (χ0v) is 10.6. The van der Waals surface area contributed by atoms with Gasteiger partial charge >= 0.3 is 0 Å². The number of piperidine rings is 1. The summed E-state index contributed by atoms with van der Waals surface area (Å²) in [6.07, 6.45) is 2.37. The Balaban J connectivity index is 2.15. The molecular formula is C12H16BrNO2. The molecule has 1 aromatic carbocycles. The molecule has 1 aromatic rings. The van der Waals surface area contributed by atoms with E-state index in [1.54, 1.807) is 12.1 Å². The summed E-state index contributed by atoms with van der Waals surface area (Å²) in [4.78, 5) is 0. The fraction of sp³-hybridized carbons (Fsp3) is 0.500. The SMILES string of the molecule is Oc1ccc(Br)c(CC2(O)CCCNC2)c1. The summed E-state index contributed by atoms with van der Waals surface area (Å²) in [5, 5.41) is 23.0. The molecule has 0 spiro atoms. The van der Waals surface area contributed by atoms with Crippen LogP contribution in [0.4, 0.5) is 0 Å². The Morgan fingerprint density at radius 1 is 1.44 bits per heavy atom. The number of phenolic OH excluding ortho intramolecular Hbond substituents is 1. The highest BCUT2D eigenvalue weighted by atomic mass is 79.9. The van der Waals surface area contributed by atoms with Gasteiger partial charge in [0, 0.05) is 17.4 Å². The molecule has 1 aliphatic rings. The third kappa shape index (κ3) is 2.75. The smallest absolute Gasteiger partial charge is 0.115 e. The molecule has 1 aliphatic heterocycles. The van der Waals surface area contributed by atoms with Gasteiger partial charge in [-0.3, -0.25) is 0 Å². The fourth-order valence-corrected chi connectivity index (χ4v) is 2.54. The van der Waals surface area contributed by atoms with E-state index in [1.807, 2.05) is 6.07 Å². The second kappa shape index (κ2) is 4.73. The van der Waals surface area contributed by atoms with Crippen LogP contribution in [0.5, 0.6) is 5.75 Å². The van der Waals surface area contributed by atoms with Gasteiger partial charge in [0.1, 0.15) is 5.75 Å². The number of rotatable bonds is 2. The largest absolute Gasteiger partial charge is 0.508 e. The van der Waals surface area contributed by atoms with Crippen molar-refractivity contribution in [3.63, 3.8) is 0 Å². The molecule has 0 radical (unpaired) electrons. The molecule has 0 saturated carbocycles. The van der Waals surface area contributed by atoms with Gasteiger partial charge in [-0.25, -0.2) is 0 Å². The number of nitrogens with one attached hydrogen (secondary N) is 1. The Morgan fingerprint density at radius 2 is 2.25 bits per heavy atom. The Morgan fingerprint density at radius 3 is 2.94 bits per heavy atom. The van der Waals surface area contributed by atoms with E-state index in [0.717, 1.165) is 29.4 Å². The molecule has 0 aromatic heterocycles. The second-order valence-electron chi connectivity index (χ2n) is 4.46. The Labute approximate surface area is 104 Å². The van der Waals surface area contributed by atoms with E-state index in [4.69, 9.17) is 0 Å². The minimum absolute atomic E-state index is 0.241. The summed E-state index contributed by atoms with van der Waals surface area (Å²) in [7, 11) is 0. The lowest BCUT2D eigenvalue weighted by Crippen LogP contribution is -2.47. The number of β-amino-alcohol motifs (C(OH)–C–C–N with tert-alkyl or cyclic N) is 1. The van der Waals surface area contributed by atoms with Crippen LogP contribution in [0, 0.1) is 0 Å². The van der Waals surface area contributed by atoms with Gasteiger partial charge in [-0.15, -0.1) is 0 Å². The number of phenols is 1. The molecule has 4 heteroatoms. The van der Waals surface area contributed by atoms with E-state index in [1.165, 1.54) is 0 Å². The minimum Gasteiger partial charge on any atom is -0.508 e. The molecule has 1 atom stereocenters. The molecule has 0 amide bonds. The first-order valence-corrected chi connectivity index (χ1v) is 6.29. The maximum atomic E-state index is 10.4. The summed E-state index contributed by atoms with van der Waals surface area (Å²) in [5.41, 5.74) is 0.264. The minimum atomic E-state index is -0.686. The number of benzene rings is 1. The van der Waals surface area contributed by atoms with Crippen LogP contribution < -0.4 is 5.32 Å². The summed E-state index contributed by atoms with van der Waals surface area (Å²) >= 11 is 3.44. The van der Waals surface area contributed by atoms with Crippen molar-refractivity contribution in [2.24, 2.45) is 0 Å². The van der Waals surface area contributed by atoms with E-state index in [-0.39, 0.29) is 5.75 Å². The van der Waals surface area contributed by atoms with Crippen LogP contribution in [0.1, 0.15) is 18.4 Å². The molecule has 0 aliphatic carbocycles. The van der Waals surface area contributed by atoms with Crippen molar-refractivity contribution in [1.29, 1.82) is 0 Å². The number of hydrogen-bond acceptors (Lipinski definition) is 3. The van der Waals surface area contributed by atoms with Gasteiger partial charge in [0.15, 0.2) is 0 Å². The van der Waals surface area contributed by atoms with E-state index in [2.05, 4.69) is 21.2 Å². The zero-order valence-electron chi connectivity index (χ0n) is 9.04. The second-order valence-corrected chi connectivity index (χ2v) is 5.31. The topological polar surface area (TPSA) is 52.5 Å². The third-order valence-corrected chi connectivity index (χ3v) is 3.77. The Kier molecular flexibility index (Phi) is 3.52. The number of aliphatic hydroxyl groups is 1. The zero-order chi connectivity index (χ0) is 11.6. The lowest BCUT2D eigenvalue weighted by atomic mass is 9.87. The molecule has 3 nitrogen and oxygen atoms in total. The van der Waals surface area contributed by atoms with Crippen molar-refractivity contribution in [3.8, 4) is 5.75 Å². The van der Waals surface area contributed by atoms with Crippen molar-refractivity contribution in [1.82, 2.24) is 5.32 Å². The molecule has 1 unspecified atom stereocenters. The molecule has 0 bridgehead atoms. The number of hydrogen-bond donors (Lipinski definition) is 3. The lowest BCUT2D eigenvalue weighted by molar-refractivity contribution is 0.0168. The van der Waals surface area contributed by atoms with Crippen LogP contribution >= 0.6 is 15.9 Å². The molecule has 1 heterocycles. The highest BCUT2D eigenvalue weighted by Gasteiger charge is 2.29. The average Bonchev–Trinajstić information content (AvgIpc) is 2.24. The van der Waals surface area contributed by atoms with Crippen molar-refractivity contribution >= 4 is 15.9 Å². The van der Waals surface area contributed by atoms with Gasteiger partial charge in [-0.2, -0.15) is 0 Å². The first-order valence-electron chi connectivity index (χ1n) is 5.50. The summed E-state index contributed by atoms with van der Waals surface area (Å²) in [6.45, 7) is 1.60. The van der Waals surface area contributed by atoms with Crippen LogP contribution in [-0.4, -0.2) is 28.9 Å². The summed E-state index contributed by atoms with van der Waals surface area (Å²) < 4.78 is 0.935. The van der Waals surface area contributed by atoms with Crippen molar-refractivity contribution < 1.29 is 10.2 Å². The van der Waals surface area contributed by atoms with Gasteiger partial charge in [-0.1, -0.05) is 15.9 Å². The first-order chi connectivity index (χ1) is 7.59. The van der Waals surface area contributed by atoms with E-state index >= 15 is 0 Å². The monoisotopic (exact) mass is 285 g/mol. The van der Waals surface area contributed by atoms with Gasteiger partial charge in [-0.05, 0) is 43.1 Å². The molecule has 1 saturated heterocycles. The lowest BCUT2D eigenvalue weighted by Gasteiger charge is -2.33. The van der Waals surface area contributed by atoms with Crippen LogP contribution in [0.15, 0.2) is 22.7 Å². The molecule has 16 heavy (non-hydrogen) atoms. The standard InChI is InChI=1S/C12H16BrNO2/c13-11-3-2-10(15)6-9(11)7-12(16)4-1-5-14-8-12/h2-3,6,14-16H,1,4-5,7-8H2. The molecule has 3 N–H and O–H groups in total. The Bertz CT molecular complexity index is 375. The normalized spacial score (nSPS) is 25.6. The van der Waals surface area contributed by atoms with Crippen LogP contribution in [0.25, 0.3) is 0 Å². The van der Waals surface area contributed by atoms with Crippen molar-refractivity contribution in [2.75, 3.05) is 13.1 Å². The summed E-state index contributed by atoms with van der Waals surface area (Å²) in [5.74, 6) is 0.241. The predicted molar refractivity (Wildman–Crippen MR) is 66.6 cm³/mol. The Hall–Kier alpha value is -0.580. The van der Waals surface area contributed by atoms with E-state index in [0.29, 0.717) is 13.0 Å². The first kappa shape index (κ1) is 11.9. The molecule has 88 valence electrons. The summed E-state index contributed by atoms with van der Waals surface area (Å²) in [6, 6.07) is 5.15. The van der Waals surface area contributed by atoms with Crippen LogP contribution in [-0.2, 0) is 6.42 Å². The predicted octanol–water partition coefficient (Wildman–Crippen LogP) is 1.81. The van der Waals surface area contributed by atoms with Gasteiger partial charge in [0.2, 0.25) is 0 Å². The van der Waals surface area contributed by atoms with E-state index < -0.39 is 5.60 Å². The van der Waals surface area contributed by atoms with E-state index in [9.17, 15) is 10.2 Å². The average molecular weight is 286 g/mol. The number of halogens is 1. The highest BCUT2D eigenvalue weighted by Crippen LogP contribution is 2.28. The fourth-order valence-electron chi connectivity index (χ4n) is 2.15. The van der Waals surface area contributed by atoms with Gasteiger partial charge in [0.05, 0.1) is 5.60 Å². The molecule has 2 rings (SSSR count). The quantitative estimate of drug-likeness (QED) is 0.777. The van der Waals surface area contributed by atoms with Crippen molar-refractivity contribution in [3.05, 3.63) is 28.2 Å². The maximum absolute atomic E-state index is 10.4. The van der Waals surface area contributed by atoms with Gasteiger partial charge < -0.3 is 15.5 Å². The molecular weight excluding hydrogens is 270 g/mol. The highest BCUT2D eigenvalue weighted by molar-refractivity contribution is 9.10. The van der Waals surface area contributed by atoms with Crippen LogP contribution in [0.2, 0.25) is 0 Å². The maximum Gasteiger partial charge on any atom is 0.115 e. The van der Waals surface area contributed by atoms with Crippen LogP contribution in [0.3, 0.4) is 0 Å². The van der Waals surface area contributed by atoms with Gasteiger partial charge in [0.25, 0.3) is 0 Å². The van der Waals surface area contributed by atoms with Crippen molar-refractivity contribution in [2.45, 2.75) is 24.9 Å².